The number of benzene rings is 1. The van der Waals surface area contributed by atoms with Crippen LogP contribution in [0.1, 0.15) is 6.92 Å². The summed E-state index contributed by atoms with van der Waals surface area (Å²) in [6.45, 7) is 3.71. The molecule has 0 radical (unpaired) electrons. The van der Waals surface area contributed by atoms with Gasteiger partial charge in [-0.2, -0.15) is 4.31 Å². The van der Waals surface area contributed by atoms with Crippen LogP contribution in [0.5, 0.6) is 0 Å². The molecule has 0 spiro atoms. The number of hydrogen-bond donors (Lipinski definition) is 0. The summed E-state index contributed by atoms with van der Waals surface area (Å²) in [6.07, 6.45) is 0. The van der Waals surface area contributed by atoms with Crippen LogP contribution in [0.15, 0.2) is 24.3 Å². The van der Waals surface area contributed by atoms with Crippen molar-refractivity contribution in [3.8, 4) is 0 Å². The molecule has 1 aliphatic heterocycles. The van der Waals surface area contributed by atoms with Gasteiger partial charge in [-0.15, -0.1) is 0 Å². The van der Waals surface area contributed by atoms with Gasteiger partial charge in [-0.05, 0) is 19.1 Å². The van der Waals surface area contributed by atoms with Crippen molar-refractivity contribution in [2.75, 3.05) is 44.8 Å². The first-order valence-corrected chi connectivity index (χ1v) is 8.84. The molecule has 128 valence electrons. The SMILES string of the molecule is COC[C@@H](C)S(=O)(=O)N1CCN(c2ccc([N+](=O)[O-])cc2)CC1. The Kier molecular flexibility index (Phi) is 5.55. The average Bonchev–Trinajstić information content (AvgIpc) is 2.55. The van der Waals surface area contributed by atoms with Crippen LogP contribution in [0.2, 0.25) is 0 Å². The molecule has 2 rings (SSSR count). The second-order valence-electron chi connectivity index (χ2n) is 5.47. The standard InChI is InChI=1S/C14H21N3O5S/c1-12(11-22-2)23(20,21)16-9-7-15(8-10-16)13-3-5-14(6-4-13)17(18)19/h3-6,12H,7-11H2,1-2H3/t12-/m1/s1. The van der Waals surface area contributed by atoms with E-state index in [1.54, 1.807) is 19.1 Å². The molecule has 1 heterocycles. The molecule has 0 saturated carbocycles. The van der Waals surface area contributed by atoms with Crippen LogP contribution in [0.25, 0.3) is 0 Å². The molecule has 8 nitrogen and oxygen atoms in total. The largest absolute Gasteiger partial charge is 0.383 e. The van der Waals surface area contributed by atoms with E-state index >= 15 is 0 Å². The number of ether oxygens (including phenoxy) is 1. The highest BCUT2D eigenvalue weighted by molar-refractivity contribution is 7.89. The van der Waals surface area contributed by atoms with Gasteiger partial charge in [0.25, 0.3) is 5.69 Å². The Balaban J connectivity index is 1.99. The Morgan fingerprint density at radius 1 is 1.22 bits per heavy atom. The minimum Gasteiger partial charge on any atom is -0.383 e. The van der Waals surface area contributed by atoms with Crippen LogP contribution in [0.3, 0.4) is 0 Å². The van der Waals surface area contributed by atoms with E-state index in [2.05, 4.69) is 0 Å². The monoisotopic (exact) mass is 343 g/mol. The van der Waals surface area contributed by atoms with E-state index in [0.29, 0.717) is 26.2 Å². The lowest BCUT2D eigenvalue weighted by molar-refractivity contribution is -0.384. The van der Waals surface area contributed by atoms with E-state index < -0.39 is 20.2 Å². The second kappa shape index (κ2) is 7.24. The molecule has 1 aromatic carbocycles. The van der Waals surface area contributed by atoms with Crippen molar-refractivity contribution in [2.45, 2.75) is 12.2 Å². The van der Waals surface area contributed by atoms with Crippen LogP contribution in [-0.2, 0) is 14.8 Å². The zero-order chi connectivity index (χ0) is 17.0. The fourth-order valence-corrected chi connectivity index (χ4v) is 4.05. The van der Waals surface area contributed by atoms with Gasteiger partial charge in [-0.1, -0.05) is 0 Å². The van der Waals surface area contributed by atoms with E-state index in [4.69, 9.17) is 4.74 Å². The number of hydrogen-bond acceptors (Lipinski definition) is 6. The number of anilines is 1. The minimum atomic E-state index is -3.36. The molecular weight excluding hydrogens is 322 g/mol. The van der Waals surface area contributed by atoms with Crippen LogP contribution in [-0.4, -0.2) is 62.8 Å². The fraction of sp³-hybridized carbons (Fsp3) is 0.571. The van der Waals surface area contributed by atoms with E-state index in [9.17, 15) is 18.5 Å². The number of piperazine rings is 1. The van der Waals surface area contributed by atoms with Gasteiger partial charge in [0.05, 0.1) is 16.8 Å². The Labute approximate surface area is 135 Å². The van der Waals surface area contributed by atoms with Crippen molar-refractivity contribution in [1.82, 2.24) is 4.31 Å². The molecule has 9 heteroatoms. The summed E-state index contributed by atoms with van der Waals surface area (Å²) in [5.41, 5.74) is 0.904. The lowest BCUT2D eigenvalue weighted by Gasteiger charge is -2.36. The second-order valence-corrected chi connectivity index (χ2v) is 7.82. The van der Waals surface area contributed by atoms with Gasteiger partial charge in [-0.3, -0.25) is 10.1 Å². The topological polar surface area (TPSA) is 93.0 Å². The molecule has 1 aliphatic rings. The molecule has 1 atom stereocenters. The Bertz CT molecular complexity index is 639. The lowest BCUT2D eigenvalue weighted by atomic mass is 10.2. The van der Waals surface area contributed by atoms with Crippen LogP contribution in [0.4, 0.5) is 11.4 Å². The van der Waals surface area contributed by atoms with Crippen molar-refractivity contribution in [2.24, 2.45) is 0 Å². The first-order chi connectivity index (χ1) is 10.9. The Hall–Kier alpha value is -1.71. The normalized spacial score (nSPS) is 17.9. The zero-order valence-electron chi connectivity index (χ0n) is 13.2. The number of non-ortho nitro benzene ring substituents is 1. The predicted molar refractivity (Wildman–Crippen MR) is 87.1 cm³/mol. The predicted octanol–water partition coefficient (Wildman–Crippen LogP) is 1.08. The minimum absolute atomic E-state index is 0.0448. The highest BCUT2D eigenvalue weighted by Crippen LogP contribution is 2.22. The summed E-state index contributed by atoms with van der Waals surface area (Å²) in [5.74, 6) is 0. The van der Waals surface area contributed by atoms with Crippen molar-refractivity contribution >= 4 is 21.4 Å². The summed E-state index contributed by atoms with van der Waals surface area (Å²) >= 11 is 0. The quantitative estimate of drug-likeness (QED) is 0.567. The average molecular weight is 343 g/mol. The highest BCUT2D eigenvalue weighted by Gasteiger charge is 2.31. The van der Waals surface area contributed by atoms with Gasteiger partial charge in [-0.25, -0.2) is 8.42 Å². The third kappa shape index (κ3) is 3.98. The maximum atomic E-state index is 12.4. The fourth-order valence-electron chi connectivity index (χ4n) is 2.56. The van der Waals surface area contributed by atoms with Crippen molar-refractivity contribution in [1.29, 1.82) is 0 Å². The molecular formula is C14H21N3O5S. The number of methoxy groups -OCH3 is 1. The summed E-state index contributed by atoms with van der Waals surface area (Å²) in [5, 5.41) is 10.1. The number of sulfonamides is 1. The first kappa shape index (κ1) is 17.6. The van der Waals surface area contributed by atoms with Crippen LogP contribution in [0, 0.1) is 10.1 Å². The lowest BCUT2D eigenvalue weighted by Crippen LogP contribution is -2.51. The molecule has 23 heavy (non-hydrogen) atoms. The molecule has 0 aliphatic carbocycles. The highest BCUT2D eigenvalue weighted by atomic mass is 32.2. The van der Waals surface area contributed by atoms with Gasteiger partial charge in [0, 0.05) is 51.1 Å². The summed E-state index contributed by atoms with van der Waals surface area (Å²) in [7, 11) is -1.87. The maximum absolute atomic E-state index is 12.4. The van der Waals surface area contributed by atoms with Gasteiger partial charge in [0.15, 0.2) is 0 Å². The zero-order valence-corrected chi connectivity index (χ0v) is 14.0. The van der Waals surface area contributed by atoms with Crippen LogP contribution < -0.4 is 4.90 Å². The first-order valence-electron chi connectivity index (χ1n) is 7.33. The number of nitro benzene ring substituents is 1. The number of nitro groups is 1. The van der Waals surface area contributed by atoms with E-state index in [-0.39, 0.29) is 12.3 Å². The van der Waals surface area contributed by atoms with Gasteiger partial charge in [0.1, 0.15) is 0 Å². The summed E-state index contributed by atoms with van der Waals surface area (Å²) < 4.78 is 31.2. The Morgan fingerprint density at radius 3 is 2.26 bits per heavy atom. The molecule has 1 aromatic rings. The molecule has 1 fully saturated rings. The van der Waals surface area contributed by atoms with E-state index in [1.165, 1.54) is 23.5 Å². The molecule has 0 N–H and O–H groups in total. The maximum Gasteiger partial charge on any atom is 0.269 e. The van der Waals surface area contributed by atoms with Crippen molar-refractivity contribution in [3.05, 3.63) is 34.4 Å². The summed E-state index contributed by atoms with van der Waals surface area (Å²) in [4.78, 5) is 12.3. The van der Waals surface area contributed by atoms with Gasteiger partial charge < -0.3 is 9.64 Å². The molecule has 1 saturated heterocycles. The Morgan fingerprint density at radius 2 is 1.78 bits per heavy atom. The van der Waals surface area contributed by atoms with E-state index in [1.807, 2.05) is 4.90 Å². The molecule has 0 amide bonds. The molecule has 0 bridgehead atoms. The summed E-state index contributed by atoms with van der Waals surface area (Å²) in [6, 6.07) is 6.30. The molecule has 0 aromatic heterocycles. The van der Waals surface area contributed by atoms with Crippen LogP contribution >= 0.6 is 0 Å². The van der Waals surface area contributed by atoms with E-state index in [0.717, 1.165) is 5.69 Å². The van der Waals surface area contributed by atoms with Crippen molar-refractivity contribution in [3.63, 3.8) is 0 Å². The smallest absolute Gasteiger partial charge is 0.269 e. The third-order valence-electron chi connectivity index (χ3n) is 3.93. The molecule has 0 unspecified atom stereocenters. The van der Waals surface area contributed by atoms with Crippen molar-refractivity contribution < 1.29 is 18.1 Å². The number of nitrogens with zero attached hydrogens (tertiary/aromatic N) is 3. The number of rotatable bonds is 6. The van der Waals surface area contributed by atoms with Gasteiger partial charge >= 0.3 is 0 Å². The van der Waals surface area contributed by atoms with Gasteiger partial charge in [0.2, 0.25) is 10.0 Å². The third-order valence-corrected chi connectivity index (χ3v) is 6.17.